The zero-order valence-electron chi connectivity index (χ0n) is 11.3. The second kappa shape index (κ2) is 6.63. The van der Waals surface area contributed by atoms with E-state index in [-0.39, 0.29) is 5.84 Å². The number of rotatable bonds is 4. The van der Waals surface area contributed by atoms with Gasteiger partial charge in [-0.3, -0.25) is 4.90 Å². The number of carbonyl (C=O) groups is 1. The van der Waals surface area contributed by atoms with Gasteiger partial charge in [-0.05, 0) is 30.2 Å². The number of hydrogen-bond acceptors (Lipinski definition) is 4. The highest BCUT2D eigenvalue weighted by Crippen LogP contribution is 2.15. The van der Waals surface area contributed by atoms with Gasteiger partial charge in [0.15, 0.2) is 5.84 Å². The molecule has 0 spiro atoms. The lowest BCUT2D eigenvalue weighted by molar-refractivity contribution is 0.141. The Morgan fingerprint density at radius 2 is 2.00 bits per heavy atom. The molecule has 6 nitrogen and oxygen atoms in total. The third-order valence-electron chi connectivity index (χ3n) is 2.47. The van der Waals surface area contributed by atoms with Gasteiger partial charge in [0.1, 0.15) is 0 Å². The number of hydrogen-bond donors (Lipinski definition) is 2. The molecular weight excluding hydrogens is 246 g/mol. The summed E-state index contributed by atoms with van der Waals surface area (Å²) in [4.78, 5) is 13.1. The number of ether oxygens (including phenoxy) is 1. The molecule has 1 aromatic rings. The van der Waals surface area contributed by atoms with Crippen molar-refractivity contribution in [3.63, 3.8) is 0 Å². The van der Waals surface area contributed by atoms with Crippen molar-refractivity contribution in [2.75, 3.05) is 18.6 Å². The highest BCUT2D eigenvalue weighted by Gasteiger charge is 2.13. The van der Waals surface area contributed by atoms with Gasteiger partial charge in [-0.1, -0.05) is 19.0 Å². The summed E-state index contributed by atoms with van der Waals surface area (Å²) in [6.07, 6.45) is -0.412. The summed E-state index contributed by atoms with van der Waals surface area (Å²) in [5.74, 6) is 0.317. The Bertz CT molecular complexity index is 455. The number of amidine groups is 1. The molecule has 0 heterocycles. The van der Waals surface area contributed by atoms with E-state index in [0.717, 1.165) is 0 Å². The van der Waals surface area contributed by atoms with Crippen LogP contribution in [0.25, 0.3) is 0 Å². The summed E-state index contributed by atoms with van der Waals surface area (Å²) < 4.78 is 5.12. The lowest BCUT2D eigenvalue weighted by Crippen LogP contribution is -2.28. The first kappa shape index (κ1) is 14.8. The summed E-state index contributed by atoms with van der Waals surface area (Å²) in [6, 6.07) is 6.72. The molecule has 0 saturated carbocycles. The molecule has 6 heteroatoms. The normalized spacial score (nSPS) is 11.5. The largest absolute Gasteiger partial charge is 0.449 e. The average Bonchev–Trinajstić information content (AvgIpc) is 2.43. The molecule has 104 valence electrons. The van der Waals surface area contributed by atoms with Gasteiger partial charge < -0.3 is 15.7 Å². The Morgan fingerprint density at radius 1 is 1.42 bits per heavy atom. The third kappa shape index (κ3) is 4.17. The van der Waals surface area contributed by atoms with Crippen LogP contribution >= 0.6 is 0 Å². The van der Waals surface area contributed by atoms with E-state index in [4.69, 9.17) is 15.7 Å². The minimum atomic E-state index is -0.412. The second-order valence-corrected chi connectivity index (χ2v) is 4.56. The molecular formula is C13H19N3O3. The molecule has 0 unspecified atom stereocenters. The summed E-state index contributed by atoms with van der Waals surface area (Å²) in [7, 11) is 1.63. The number of carbonyl (C=O) groups excluding carboxylic acids is 1. The van der Waals surface area contributed by atoms with Gasteiger partial charge in [-0.25, -0.2) is 4.79 Å². The molecule has 3 N–H and O–H groups in total. The average molecular weight is 265 g/mol. The number of nitrogens with zero attached hydrogens (tertiary/aromatic N) is 2. The summed E-state index contributed by atoms with van der Waals surface area (Å²) in [5, 5.41) is 11.5. The van der Waals surface area contributed by atoms with Crippen molar-refractivity contribution in [2.45, 2.75) is 13.8 Å². The Labute approximate surface area is 112 Å². The first-order chi connectivity index (χ1) is 8.95. The molecule has 1 aromatic carbocycles. The Kier molecular flexibility index (Phi) is 5.17. The van der Waals surface area contributed by atoms with Crippen LogP contribution < -0.4 is 10.6 Å². The maximum Gasteiger partial charge on any atom is 0.414 e. The molecule has 0 atom stereocenters. The molecule has 1 rings (SSSR count). The van der Waals surface area contributed by atoms with Crippen molar-refractivity contribution in [3.05, 3.63) is 29.8 Å². The van der Waals surface area contributed by atoms with E-state index < -0.39 is 6.09 Å². The number of benzene rings is 1. The van der Waals surface area contributed by atoms with Crippen molar-refractivity contribution < 1.29 is 14.7 Å². The van der Waals surface area contributed by atoms with Crippen LogP contribution in [0.3, 0.4) is 0 Å². The molecule has 1 amide bonds. The van der Waals surface area contributed by atoms with Crippen molar-refractivity contribution in [1.82, 2.24) is 0 Å². The number of oxime groups is 1. The fourth-order valence-corrected chi connectivity index (χ4v) is 1.35. The zero-order chi connectivity index (χ0) is 14.4. The zero-order valence-corrected chi connectivity index (χ0v) is 11.3. The van der Waals surface area contributed by atoms with Crippen LogP contribution in [0, 0.1) is 5.92 Å². The predicted molar refractivity (Wildman–Crippen MR) is 73.5 cm³/mol. The standard InChI is InChI=1S/C13H19N3O3/c1-9(2)8-19-13(17)16(3)11-6-4-10(5-7-11)12(14)15-18/h4-7,9,18H,8H2,1-3H3,(H2,14,15). The summed E-state index contributed by atoms with van der Waals surface area (Å²) in [5.41, 5.74) is 6.70. The number of amides is 1. The lowest BCUT2D eigenvalue weighted by atomic mass is 10.2. The second-order valence-electron chi connectivity index (χ2n) is 4.56. The highest BCUT2D eigenvalue weighted by atomic mass is 16.6. The van der Waals surface area contributed by atoms with Crippen molar-refractivity contribution >= 4 is 17.6 Å². The molecule has 0 aromatic heterocycles. The first-order valence-electron chi connectivity index (χ1n) is 5.94. The fraction of sp³-hybridized carbons (Fsp3) is 0.385. The van der Waals surface area contributed by atoms with Crippen molar-refractivity contribution in [1.29, 1.82) is 0 Å². The molecule has 0 radical (unpaired) electrons. The van der Waals surface area contributed by atoms with Crippen LogP contribution in [0.15, 0.2) is 29.4 Å². The fourth-order valence-electron chi connectivity index (χ4n) is 1.35. The SMILES string of the molecule is CC(C)COC(=O)N(C)c1ccc(C(N)=NO)cc1. The van der Waals surface area contributed by atoms with Crippen LogP contribution in [-0.4, -0.2) is 30.8 Å². The van der Waals surface area contributed by atoms with Crippen molar-refractivity contribution in [3.8, 4) is 0 Å². The quantitative estimate of drug-likeness (QED) is 0.377. The third-order valence-corrected chi connectivity index (χ3v) is 2.47. The van der Waals surface area contributed by atoms with Crippen LogP contribution in [0.4, 0.5) is 10.5 Å². The summed E-state index contributed by atoms with van der Waals surface area (Å²) in [6.45, 7) is 4.32. The Hall–Kier alpha value is -2.24. The number of nitrogens with two attached hydrogens (primary N) is 1. The van der Waals surface area contributed by atoms with Gasteiger partial charge in [0, 0.05) is 18.3 Å². The molecule has 0 saturated heterocycles. The summed E-state index contributed by atoms with van der Waals surface area (Å²) >= 11 is 0. The van der Waals surface area contributed by atoms with Gasteiger partial charge in [-0.15, -0.1) is 0 Å². The minimum absolute atomic E-state index is 0.0246. The van der Waals surface area contributed by atoms with E-state index in [0.29, 0.717) is 23.8 Å². The van der Waals surface area contributed by atoms with Crippen LogP contribution in [0.5, 0.6) is 0 Å². The first-order valence-corrected chi connectivity index (χ1v) is 5.94. The van der Waals surface area contributed by atoms with Crippen LogP contribution in [-0.2, 0) is 4.74 Å². The lowest BCUT2D eigenvalue weighted by Gasteiger charge is -2.18. The Balaban J connectivity index is 2.72. The monoisotopic (exact) mass is 265 g/mol. The smallest absolute Gasteiger partial charge is 0.414 e. The van der Waals surface area contributed by atoms with Gasteiger partial charge in [0.2, 0.25) is 0 Å². The van der Waals surface area contributed by atoms with Gasteiger partial charge >= 0.3 is 6.09 Å². The molecule has 0 aliphatic rings. The molecule has 0 bridgehead atoms. The van der Waals surface area contributed by atoms with E-state index in [1.165, 1.54) is 4.90 Å². The van der Waals surface area contributed by atoms with Gasteiger partial charge in [0.25, 0.3) is 0 Å². The topological polar surface area (TPSA) is 88.2 Å². The van der Waals surface area contributed by atoms with Gasteiger partial charge in [-0.2, -0.15) is 0 Å². The van der Waals surface area contributed by atoms with Crippen molar-refractivity contribution in [2.24, 2.45) is 16.8 Å². The van der Waals surface area contributed by atoms with E-state index in [1.807, 2.05) is 13.8 Å². The van der Waals surface area contributed by atoms with E-state index in [1.54, 1.807) is 31.3 Å². The highest BCUT2D eigenvalue weighted by molar-refractivity contribution is 5.97. The molecule has 0 fully saturated rings. The predicted octanol–water partition coefficient (Wildman–Crippen LogP) is 2.01. The minimum Gasteiger partial charge on any atom is -0.449 e. The van der Waals surface area contributed by atoms with E-state index >= 15 is 0 Å². The maximum atomic E-state index is 11.7. The molecule has 19 heavy (non-hydrogen) atoms. The van der Waals surface area contributed by atoms with Crippen LogP contribution in [0.1, 0.15) is 19.4 Å². The Morgan fingerprint density at radius 3 is 2.47 bits per heavy atom. The number of anilines is 1. The van der Waals surface area contributed by atoms with E-state index in [2.05, 4.69) is 5.16 Å². The molecule has 0 aliphatic carbocycles. The molecule has 0 aliphatic heterocycles. The van der Waals surface area contributed by atoms with Gasteiger partial charge in [0.05, 0.1) is 6.61 Å². The van der Waals surface area contributed by atoms with Crippen LogP contribution in [0.2, 0.25) is 0 Å². The maximum absolute atomic E-state index is 11.7. The van der Waals surface area contributed by atoms with E-state index in [9.17, 15) is 4.79 Å².